The molecule has 0 bridgehead atoms. The number of allylic oxidation sites excluding steroid dienone is 1. The number of nitriles is 2. The van der Waals surface area contributed by atoms with Gasteiger partial charge in [0, 0.05) is 38.1 Å². The van der Waals surface area contributed by atoms with Crippen molar-refractivity contribution in [3.05, 3.63) is 150 Å². The Morgan fingerprint density at radius 3 is 2.20 bits per heavy atom. The molecule has 1 aliphatic carbocycles. The zero-order valence-corrected chi connectivity index (χ0v) is 27.2. The molecular weight excluding hydrogens is 613 g/mol. The topological polar surface area (TPSA) is 70.6 Å². The van der Waals surface area contributed by atoms with Crippen LogP contribution < -0.4 is 0 Å². The second kappa shape index (κ2) is 10.6. The molecule has 5 heteroatoms. The van der Waals surface area contributed by atoms with Gasteiger partial charge < -0.3 is 13.6 Å². The summed E-state index contributed by atoms with van der Waals surface area (Å²) in [6.45, 7) is 2.28. The van der Waals surface area contributed by atoms with Gasteiger partial charge in [-0.05, 0) is 78.6 Å². The maximum absolute atomic E-state index is 11.1. The van der Waals surface area contributed by atoms with E-state index < -0.39 is 0 Å². The Morgan fingerprint density at radius 2 is 1.38 bits per heavy atom. The molecule has 0 saturated heterocycles. The van der Waals surface area contributed by atoms with Crippen LogP contribution in [0.15, 0.2) is 132 Å². The number of furan rings is 1. The van der Waals surface area contributed by atoms with Gasteiger partial charge in [0.05, 0.1) is 50.8 Å². The van der Waals surface area contributed by atoms with Crippen LogP contribution in [-0.2, 0) is 0 Å². The lowest BCUT2D eigenvalue weighted by Crippen LogP contribution is -2.05. The second-order valence-corrected chi connectivity index (χ2v) is 13.1. The van der Waals surface area contributed by atoms with E-state index in [0.29, 0.717) is 17.0 Å². The van der Waals surface area contributed by atoms with E-state index in [2.05, 4.69) is 94.9 Å². The first-order valence-corrected chi connectivity index (χ1v) is 16.9. The number of nitrogens with zero attached hydrogens (tertiary/aromatic N) is 4. The van der Waals surface area contributed by atoms with Gasteiger partial charge in [0.2, 0.25) is 0 Å². The predicted molar refractivity (Wildman–Crippen MR) is 202 cm³/mol. The Labute approximate surface area is 287 Å². The Bertz CT molecular complexity index is 3010. The lowest BCUT2D eigenvalue weighted by Gasteiger charge is -2.20. The van der Waals surface area contributed by atoms with E-state index in [9.17, 15) is 10.5 Å². The molecule has 10 rings (SSSR count). The zero-order chi connectivity index (χ0) is 33.5. The summed E-state index contributed by atoms with van der Waals surface area (Å²) < 4.78 is 10.8. The van der Waals surface area contributed by atoms with Crippen LogP contribution in [0.4, 0.5) is 0 Å². The molecule has 0 N–H and O–H groups in total. The molecule has 1 atom stereocenters. The van der Waals surface area contributed by atoms with E-state index in [0.717, 1.165) is 83.9 Å². The minimum absolute atomic E-state index is 0.370. The van der Waals surface area contributed by atoms with Gasteiger partial charge in [-0.15, -0.1) is 0 Å². The molecule has 0 radical (unpaired) electrons. The van der Waals surface area contributed by atoms with Crippen LogP contribution in [-0.4, -0.2) is 9.13 Å². The van der Waals surface area contributed by atoms with Gasteiger partial charge in [-0.3, -0.25) is 0 Å². The lowest BCUT2D eigenvalue weighted by molar-refractivity contribution is 0.669. The van der Waals surface area contributed by atoms with Gasteiger partial charge in [0.25, 0.3) is 0 Å². The van der Waals surface area contributed by atoms with Crippen LogP contribution in [0, 0.1) is 22.7 Å². The first-order chi connectivity index (χ1) is 24.7. The molecule has 3 heterocycles. The standard InChI is InChI=1S/C45H28N4O/c1-27-10-8-18-39-43(27)30-11-2-5-15-35(30)49(39)38-21-20-28(25-46)24-33(38)29-14-9-17-37(34(29)26-47)48-36-16-6-3-12-31(36)44-40(48)22-23-42-45(44)32-13-4-7-19-41(32)50-42/h2-9,11-24,27H,10H2,1H3. The zero-order valence-electron chi connectivity index (χ0n) is 27.2. The maximum Gasteiger partial charge on any atom is 0.136 e. The Kier molecular flexibility index (Phi) is 5.98. The van der Waals surface area contributed by atoms with E-state index in [1.165, 1.54) is 10.9 Å². The summed E-state index contributed by atoms with van der Waals surface area (Å²) in [6.07, 6.45) is 5.45. The van der Waals surface area contributed by atoms with Crippen LogP contribution in [0.2, 0.25) is 0 Å². The van der Waals surface area contributed by atoms with Crippen molar-refractivity contribution in [1.82, 2.24) is 9.13 Å². The normalized spacial score (nSPS) is 14.1. The van der Waals surface area contributed by atoms with Crippen molar-refractivity contribution < 1.29 is 4.42 Å². The van der Waals surface area contributed by atoms with E-state index in [1.807, 2.05) is 66.7 Å². The summed E-state index contributed by atoms with van der Waals surface area (Å²) in [6, 6.07) is 46.0. The Balaban J connectivity index is 1.29. The third kappa shape index (κ3) is 3.81. The van der Waals surface area contributed by atoms with Gasteiger partial charge in [0.15, 0.2) is 0 Å². The number of hydrogen-bond acceptors (Lipinski definition) is 3. The highest BCUT2D eigenvalue weighted by atomic mass is 16.3. The van der Waals surface area contributed by atoms with Crippen molar-refractivity contribution in [1.29, 1.82) is 10.5 Å². The number of fused-ring (bicyclic) bond motifs is 10. The number of aromatic nitrogens is 2. The molecule has 1 unspecified atom stereocenters. The monoisotopic (exact) mass is 640 g/mol. The highest BCUT2D eigenvalue weighted by Gasteiger charge is 2.26. The molecule has 9 aromatic rings. The molecule has 3 aromatic heterocycles. The fourth-order valence-electron chi connectivity index (χ4n) is 8.35. The summed E-state index contributed by atoms with van der Waals surface area (Å²) in [5.41, 5.74) is 11.7. The quantitative estimate of drug-likeness (QED) is 0.193. The van der Waals surface area contributed by atoms with E-state index >= 15 is 0 Å². The first kappa shape index (κ1) is 28.2. The lowest BCUT2D eigenvalue weighted by atomic mass is 9.90. The SMILES string of the molecule is CC1CC=Cc2c1c1ccccc1n2-c1ccc(C#N)cc1-c1cccc(-n2c3ccccc3c3c4c(ccc32)oc2ccccc24)c1C#N. The summed E-state index contributed by atoms with van der Waals surface area (Å²) >= 11 is 0. The van der Waals surface area contributed by atoms with E-state index in [-0.39, 0.29) is 0 Å². The van der Waals surface area contributed by atoms with Crippen molar-refractivity contribution in [2.75, 3.05) is 0 Å². The van der Waals surface area contributed by atoms with Gasteiger partial charge in [-0.2, -0.15) is 10.5 Å². The average Bonchev–Trinajstić information content (AvgIpc) is 3.82. The number of hydrogen-bond donors (Lipinski definition) is 0. The minimum Gasteiger partial charge on any atom is -0.456 e. The molecule has 234 valence electrons. The fraction of sp³-hybridized carbons (Fsp3) is 0.0667. The molecule has 0 aliphatic heterocycles. The van der Waals surface area contributed by atoms with E-state index in [1.54, 1.807) is 0 Å². The van der Waals surface area contributed by atoms with Gasteiger partial charge in [0.1, 0.15) is 17.2 Å². The van der Waals surface area contributed by atoms with Crippen molar-refractivity contribution in [2.45, 2.75) is 19.3 Å². The van der Waals surface area contributed by atoms with Crippen molar-refractivity contribution in [2.24, 2.45) is 0 Å². The smallest absolute Gasteiger partial charge is 0.136 e. The fourth-order valence-corrected chi connectivity index (χ4v) is 8.35. The number of benzene rings is 6. The molecule has 6 aromatic carbocycles. The molecule has 0 spiro atoms. The number of para-hydroxylation sites is 3. The molecule has 1 aliphatic rings. The van der Waals surface area contributed by atoms with Crippen LogP contribution in [0.5, 0.6) is 0 Å². The van der Waals surface area contributed by atoms with E-state index in [4.69, 9.17) is 4.42 Å². The van der Waals surface area contributed by atoms with Crippen LogP contribution >= 0.6 is 0 Å². The molecule has 5 nitrogen and oxygen atoms in total. The largest absolute Gasteiger partial charge is 0.456 e. The Hall–Kier alpha value is -6.82. The summed E-state index contributed by atoms with van der Waals surface area (Å²) in [7, 11) is 0. The third-order valence-electron chi connectivity index (χ3n) is 10.4. The van der Waals surface area contributed by atoms with Crippen molar-refractivity contribution in [3.63, 3.8) is 0 Å². The average molecular weight is 641 g/mol. The summed E-state index contributed by atoms with van der Waals surface area (Å²) in [5.74, 6) is 0.370. The number of rotatable bonds is 3. The molecule has 50 heavy (non-hydrogen) atoms. The van der Waals surface area contributed by atoms with Crippen LogP contribution in [0.25, 0.3) is 83.2 Å². The van der Waals surface area contributed by atoms with Crippen molar-refractivity contribution in [3.8, 4) is 34.6 Å². The highest BCUT2D eigenvalue weighted by molar-refractivity contribution is 6.27. The summed E-state index contributed by atoms with van der Waals surface area (Å²) in [4.78, 5) is 0. The van der Waals surface area contributed by atoms with Gasteiger partial charge >= 0.3 is 0 Å². The predicted octanol–water partition coefficient (Wildman–Crippen LogP) is 11.6. The first-order valence-electron chi connectivity index (χ1n) is 16.9. The van der Waals surface area contributed by atoms with Crippen LogP contribution in [0.3, 0.4) is 0 Å². The van der Waals surface area contributed by atoms with Gasteiger partial charge in [-0.1, -0.05) is 79.7 Å². The third-order valence-corrected chi connectivity index (χ3v) is 10.4. The second-order valence-electron chi connectivity index (χ2n) is 13.1. The van der Waals surface area contributed by atoms with Crippen LogP contribution in [0.1, 0.15) is 41.6 Å². The molecule has 0 saturated carbocycles. The Morgan fingerprint density at radius 1 is 0.620 bits per heavy atom. The molecular formula is C45H28N4O. The molecule has 0 amide bonds. The highest BCUT2D eigenvalue weighted by Crippen LogP contribution is 2.45. The van der Waals surface area contributed by atoms with Gasteiger partial charge in [-0.25, -0.2) is 0 Å². The summed E-state index contributed by atoms with van der Waals surface area (Å²) in [5, 5.41) is 26.7. The van der Waals surface area contributed by atoms with Crippen molar-refractivity contribution >= 4 is 60.7 Å². The molecule has 0 fully saturated rings. The maximum atomic E-state index is 11.1. The minimum atomic E-state index is 0.370.